The molecule has 108 valence electrons. The molecule has 18 heavy (non-hydrogen) atoms. The fraction of sp³-hybridized carbons (Fsp3) is 0.929. The van der Waals surface area contributed by atoms with E-state index in [1.807, 2.05) is 6.92 Å². The van der Waals surface area contributed by atoms with Crippen molar-refractivity contribution in [3.05, 3.63) is 0 Å². The van der Waals surface area contributed by atoms with E-state index in [0.717, 1.165) is 19.4 Å². The Bertz CT molecular complexity index is 212. The second kappa shape index (κ2) is 10.6. The Labute approximate surface area is 113 Å². The molecule has 0 aliphatic carbocycles. The third-order valence-electron chi connectivity index (χ3n) is 2.62. The second-order valence-corrected chi connectivity index (χ2v) is 10.2. The fourth-order valence-corrected chi connectivity index (χ4v) is 2.45. The summed E-state index contributed by atoms with van der Waals surface area (Å²) < 4.78 is 10.7. The van der Waals surface area contributed by atoms with Gasteiger partial charge in [0.15, 0.2) is 8.32 Å². The minimum atomic E-state index is -1.31. The summed E-state index contributed by atoms with van der Waals surface area (Å²) in [5.41, 5.74) is 0. The molecule has 0 amide bonds. The van der Waals surface area contributed by atoms with Gasteiger partial charge in [-0.05, 0) is 39.4 Å². The van der Waals surface area contributed by atoms with Gasteiger partial charge in [0, 0.05) is 13.0 Å². The van der Waals surface area contributed by atoms with Gasteiger partial charge < -0.3 is 9.16 Å². The molecule has 0 aromatic carbocycles. The van der Waals surface area contributed by atoms with E-state index in [9.17, 15) is 4.79 Å². The minimum absolute atomic E-state index is 0.0546. The fourth-order valence-electron chi connectivity index (χ4n) is 1.69. The van der Waals surface area contributed by atoms with E-state index in [-0.39, 0.29) is 5.97 Å². The standard InChI is InChI=1S/C14H30O3Si/c1-5-16-14(15)12-10-8-6-7-9-11-13-17-18(2,3)4/h5-13H2,1-4H3. The van der Waals surface area contributed by atoms with Gasteiger partial charge in [-0.3, -0.25) is 4.79 Å². The van der Waals surface area contributed by atoms with Gasteiger partial charge in [0.2, 0.25) is 0 Å². The Morgan fingerprint density at radius 3 is 2.06 bits per heavy atom. The summed E-state index contributed by atoms with van der Waals surface area (Å²) in [6.45, 7) is 9.93. The van der Waals surface area contributed by atoms with Gasteiger partial charge in [0.1, 0.15) is 0 Å². The van der Waals surface area contributed by atoms with Crippen LogP contribution >= 0.6 is 0 Å². The molecule has 0 saturated carbocycles. The summed E-state index contributed by atoms with van der Waals surface area (Å²) in [7, 11) is -1.31. The Kier molecular flexibility index (Phi) is 10.4. The van der Waals surface area contributed by atoms with Crippen molar-refractivity contribution in [1.82, 2.24) is 0 Å². The average molecular weight is 274 g/mol. The number of hydrogen-bond acceptors (Lipinski definition) is 3. The van der Waals surface area contributed by atoms with Crippen LogP contribution in [0.25, 0.3) is 0 Å². The van der Waals surface area contributed by atoms with Gasteiger partial charge in [-0.1, -0.05) is 25.7 Å². The molecular weight excluding hydrogens is 244 g/mol. The van der Waals surface area contributed by atoms with Crippen LogP contribution < -0.4 is 0 Å². The predicted octanol–water partition coefficient (Wildman–Crippen LogP) is 4.13. The van der Waals surface area contributed by atoms with E-state index in [2.05, 4.69) is 19.6 Å². The first-order valence-corrected chi connectivity index (χ1v) is 10.7. The molecule has 0 rings (SSSR count). The molecule has 0 aliphatic rings. The van der Waals surface area contributed by atoms with E-state index in [1.54, 1.807) is 0 Å². The topological polar surface area (TPSA) is 35.5 Å². The van der Waals surface area contributed by atoms with Crippen LogP contribution in [0.3, 0.4) is 0 Å². The molecule has 0 radical (unpaired) electrons. The number of carbonyl (C=O) groups is 1. The molecule has 0 atom stereocenters. The predicted molar refractivity (Wildman–Crippen MR) is 78.3 cm³/mol. The number of carbonyl (C=O) groups excluding carboxylic acids is 1. The van der Waals surface area contributed by atoms with E-state index in [4.69, 9.17) is 9.16 Å². The summed E-state index contributed by atoms with van der Waals surface area (Å²) in [6.07, 6.45) is 7.54. The maximum Gasteiger partial charge on any atom is 0.305 e. The molecule has 0 spiro atoms. The van der Waals surface area contributed by atoms with Crippen molar-refractivity contribution in [3.8, 4) is 0 Å². The first kappa shape index (κ1) is 17.6. The first-order valence-electron chi connectivity index (χ1n) is 7.25. The lowest BCUT2D eigenvalue weighted by Gasteiger charge is -2.16. The summed E-state index contributed by atoms with van der Waals surface area (Å²) in [6, 6.07) is 0. The Balaban J connectivity index is 3.15. The van der Waals surface area contributed by atoms with Crippen molar-refractivity contribution in [1.29, 1.82) is 0 Å². The highest BCUT2D eigenvalue weighted by Crippen LogP contribution is 2.09. The lowest BCUT2D eigenvalue weighted by Crippen LogP contribution is -2.25. The molecule has 0 unspecified atom stereocenters. The van der Waals surface area contributed by atoms with Crippen LogP contribution in [0.15, 0.2) is 0 Å². The van der Waals surface area contributed by atoms with Crippen LogP contribution in [0.5, 0.6) is 0 Å². The highest BCUT2D eigenvalue weighted by molar-refractivity contribution is 6.69. The van der Waals surface area contributed by atoms with Gasteiger partial charge in [-0.25, -0.2) is 0 Å². The number of hydrogen-bond donors (Lipinski definition) is 0. The van der Waals surface area contributed by atoms with E-state index >= 15 is 0 Å². The molecule has 0 aliphatic heterocycles. The van der Waals surface area contributed by atoms with Crippen LogP contribution in [0.1, 0.15) is 51.9 Å². The van der Waals surface area contributed by atoms with Gasteiger partial charge in [-0.2, -0.15) is 0 Å². The van der Waals surface area contributed by atoms with E-state index < -0.39 is 8.32 Å². The smallest absolute Gasteiger partial charge is 0.305 e. The van der Waals surface area contributed by atoms with Crippen LogP contribution in [0, 0.1) is 0 Å². The first-order chi connectivity index (χ1) is 8.45. The van der Waals surface area contributed by atoms with Crippen molar-refractivity contribution in [2.45, 2.75) is 71.5 Å². The minimum Gasteiger partial charge on any atom is -0.466 e. The van der Waals surface area contributed by atoms with Crippen molar-refractivity contribution in [2.75, 3.05) is 13.2 Å². The highest BCUT2D eigenvalue weighted by atomic mass is 28.4. The Morgan fingerprint density at radius 1 is 0.944 bits per heavy atom. The zero-order chi connectivity index (χ0) is 13.9. The quantitative estimate of drug-likeness (QED) is 0.323. The Hall–Kier alpha value is -0.353. The molecule has 0 aromatic rings. The van der Waals surface area contributed by atoms with Crippen molar-refractivity contribution in [2.24, 2.45) is 0 Å². The van der Waals surface area contributed by atoms with Crippen LogP contribution in [-0.4, -0.2) is 27.5 Å². The van der Waals surface area contributed by atoms with Crippen LogP contribution in [0.2, 0.25) is 19.6 Å². The third kappa shape index (κ3) is 13.7. The second-order valence-electron chi connectivity index (χ2n) is 5.64. The zero-order valence-electron chi connectivity index (χ0n) is 12.6. The largest absolute Gasteiger partial charge is 0.466 e. The van der Waals surface area contributed by atoms with Crippen molar-refractivity contribution >= 4 is 14.3 Å². The van der Waals surface area contributed by atoms with Crippen LogP contribution in [0.4, 0.5) is 0 Å². The maximum absolute atomic E-state index is 11.1. The average Bonchev–Trinajstić information content (AvgIpc) is 2.25. The molecule has 0 fully saturated rings. The third-order valence-corrected chi connectivity index (χ3v) is 3.69. The molecule has 0 bridgehead atoms. The molecule has 4 heteroatoms. The van der Waals surface area contributed by atoms with Gasteiger partial charge >= 0.3 is 5.97 Å². The monoisotopic (exact) mass is 274 g/mol. The molecule has 0 heterocycles. The molecule has 0 saturated heterocycles. The van der Waals surface area contributed by atoms with Gasteiger partial charge in [-0.15, -0.1) is 0 Å². The summed E-state index contributed by atoms with van der Waals surface area (Å²) in [5, 5.41) is 0. The maximum atomic E-state index is 11.1. The van der Waals surface area contributed by atoms with Gasteiger partial charge in [0.25, 0.3) is 0 Å². The normalized spacial score (nSPS) is 11.6. The molecule has 3 nitrogen and oxygen atoms in total. The summed E-state index contributed by atoms with van der Waals surface area (Å²) in [4.78, 5) is 11.1. The van der Waals surface area contributed by atoms with E-state index in [1.165, 1.54) is 25.7 Å². The zero-order valence-corrected chi connectivity index (χ0v) is 13.6. The lowest BCUT2D eigenvalue weighted by molar-refractivity contribution is -0.143. The van der Waals surface area contributed by atoms with Gasteiger partial charge in [0.05, 0.1) is 6.61 Å². The molecule has 0 aromatic heterocycles. The molecule has 0 N–H and O–H groups in total. The number of ether oxygens (including phenoxy) is 1. The lowest BCUT2D eigenvalue weighted by atomic mass is 10.1. The van der Waals surface area contributed by atoms with Crippen molar-refractivity contribution < 1.29 is 14.0 Å². The number of unbranched alkanes of at least 4 members (excludes halogenated alkanes) is 5. The summed E-state index contributed by atoms with van der Waals surface area (Å²) >= 11 is 0. The SMILES string of the molecule is CCOC(=O)CCCCCCCCO[Si](C)(C)C. The summed E-state index contributed by atoms with van der Waals surface area (Å²) in [5.74, 6) is -0.0546. The molecular formula is C14H30O3Si. The van der Waals surface area contributed by atoms with E-state index in [0.29, 0.717) is 13.0 Å². The number of esters is 1. The van der Waals surface area contributed by atoms with Crippen molar-refractivity contribution in [3.63, 3.8) is 0 Å². The Morgan fingerprint density at radius 2 is 1.50 bits per heavy atom. The van der Waals surface area contributed by atoms with Crippen LogP contribution in [-0.2, 0) is 14.0 Å². The highest BCUT2D eigenvalue weighted by Gasteiger charge is 2.12. The number of rotatable bonds is 11.